The van der Waals surface area contributed by atoms with Crippen molar-refractivity contribution in [2.45, 2.75) is 13.0 Å². The Morgan fingerprint density at radius 2 is 2.24 bits per heavy atom. The number of ether oxygens (including phenoxy) is 5. The Balaban J connectivity index is 1.95. The van der Waals surface area contributed by atoms with Crippen LogP contribution >= 0.6 is 0 Å². The first-order valence-corrected chi connectivity index (χ1v) is 5.37. The first-order chi connectivity index (χ1) is 8.22. The van der Waals surface area contributed by atoms with Crippen LogP contribution in [-0.2, 0) is 28.5 Å². The highest BCUT2D eigenvalue weighted by Gasteiger charge is 2.25. The van der Waals surface area contributed by atoms with Crippen LogP contribution in [0.4, 0.5) is 4.79 Å². The van der Waals surface area contributed by atoms with Gasteiger partial charge < -0.3 is 23.7 Å². The molecule has 0 amide bonds. The van der Waals surface area contributed by atoms with Gasteiger partial charge in [-0.1, -0.05) is 0 Å². The Hall–Kier alpha value is -1.34. The fraction of sp³-hybridized carbons (Fsp3) is 0.800. The maximum atomic E-state index is 11.1. The maximum absolute atomic E-state index is 11.1. The lowest BCUT2D eigenvalue weighted by atomic mass is 10.4. The van der Waals surface area contributed by atoms with Crippen LogP contribution in [0.5, 0.6) is 0 Å². The minimum absolute atomic E-state index is 0.117. The molecule has 7 nitrogen and oxygen atoms in total. The Kier molecular flexibility index (Phi) is 6.34. The van der Waals surface area contributed by atoms with Gasteiger partial charge in [-0.05, 0) is 6.92 Å². The molecule has 0 bridgehead atoms. The van der Waals surface area contributed by atoms with Gasteiger partial charge in [0.05, 0.1) is 13.2 Å². The zero-order valence-electron chi connectivity index (χ0n) is 9.68. The molecule has 0 aliphatic carbocycles. The van der Waals surface area contributed by atoms with Crippen molar-refractivity contribution >= 4 is 12.1 Å². The number of hydrogen-bond acceptors (Lipinski definition) is 7. The molecule has 0 N–H and O–H groups in total. The highest BCUT2D eigenvalue weighted by atomic mass is 16.8. The summed E-state index contributed by atoms with van der Waals surface area (Å²) in [5, 5.41) is 0. The quantitative estimate of drug-likeness (QED) is 0.445. The molecule has 0 saturated carbocycles. The summed E-state index contributed by atoms with van der Waals surface area (Å²) in [5.41, 5.74) is 0. The molecule has 1 atom stereocenters. The van der Waals surface area contributed by atoms with Crippen molar-refractivity contribution in [3.8, 4) is 0 Å². The number of rotatable bonds is 8. The molecule has 17 heavy (non-hydrogen) atoms. The fourth-order valence-electron chi connectivity index (χ4n) is 1.12. The van der Waals surface area contributed by atoms with Crippen LogP contribution in [0.1, 0.15) is 6.92 Å². The minimum atomic E-state index is -0.710. The SMILES string of the molecule is CCOCCOC(=O)COCC1COC(=O)O1. The standard InChI is InChI=1S/C10H16O7/c1-2-13-3-4-15-9(11)7-14-5-8-6-16-10(12)17-8/h8H,2-7H2,1H3. The summed E-state index contributed by atoms with van der Waals surface area (Å²) in [4.78, 5) is 21.7. The molecular weight excluding hydrogens is 232 g/mol. The number of esters is 1. The van der Waals surface area contributed by atoms with E-state index >= 15 is 0 Å². The first kappa shape index (κ1) is 13.7. The molecule has 1 unspecified atom stereocenters. The van der Waals surface area contributed by atoms with Crippen molar-refractivity contribution < 1.29 is 33.3 Å². The maximum Gasteiger partial charge on any atom is 0.508 e. The summed E-state index contributed by atoms with van der Waals surface area (Å²) >= 11 is 0. The number of hydrogen-bond donors (Lipinski definition) is 0. The molecular formula is C10H16O7. The third-order valence-electron chi connectivity index (χ3n) is 1.87. The smallest absolute Gasteiger partial charge is 0.462 e. The normalized spacial score (nSPS) is 18.6. The van der Waals surface area contributed by atoms with Crippen LogP contribution in [0.2, 0.25) is 0 Å². The van der Waals surface area contributed by atoms with Crippen molar-refractivity contribution in [3.63, 3.8) is 0 Å². The van der Waals surface area contributed by atoms with E-state index in [2.05, 4.69) is 4.74 Å². The number of cyclic esters (lactones) is 2. The molecule has 1 aliphatic rings. The van der Waals surface area contributed by atoms with Gasteiger partial charge in [-0.15, -0.1) is 0 Å². The molecule has 0 aromatic heterocycles. The molecule has 0 radical (unpaired) electrons. The zero-order valence-corrected chi connectivity index (χ0v) is 9.68. The molecule has 1 heterocycles. The van der Waals surface area contributed by atoms with Gasteiger partial charge in [0.2, 0.25) is 0 Å². The van der Waals surface area contributed by atoms with E-state index in [1.54, 1.807) is 0 Å². The average Bonchev–Trinajstić information content (AvgIpc) is 2.71. The molecule has 0 aromatic carbocycles. The summed E-state index contributed by atoms with van der Waals surface area (Å²) in [7, 11) is 0. The van der Waals surface area contributed by atoms with Crippen molar-refractivity contribution in [2.24, 2.45) is 0 Å². The van der Waals surface area contributed by atoms with Crippen molar-refractivity contribution in [1.82, 2.24) is 0 Å². The molecule has 98 valence electrons. The van der Waals surface area contributed by atoms with Crippen LogP contribution in [0.3, 0.4) is 0 Å². The molecule has 1 rings (SSSR count). The monoisotopic (exact) mass is 248 g/mol. The molecule has 1 aliphatic heterocycles. The van der Waals surface area contributed by atoms with E-state index < -0.39 is 18.2 Å². The van der Waals surface area contributed by atoms with Gasteiger partial charge in [-0.2, -0.15) is 0 Å². The highest BCUT2D eigenvalue weighted by molar-refractivity contribution is 5.70. The Morgan fingerprint density at radius 1 is 1.41 bits per heavy atom. The van der Waals surface area contributed by atoms with Gasteiger partial charge in [0.25, 0.3) is 0 Å². The van der Waals surface area contributed by atoms with E-state index in [1.807, 2.05) is 6.92 Å². The Labute approximate surface area is 98.9 Å². The number of carbonyl (C=O) groups is 2. The van der Waals surface area contributed by atoms with Crippen molar-refractivity contribution in [3.05, 3.63) is 0 Å². The predicted molar refractivity (Wildman–Crippen MR) is 54.5 cm³/mol. The van der Waals surface area contributed by atoms with Crippen molar-refractivity contribution in [1.29, 1.82) is 0 Å². The van der Waals surface area contributed by atoms with Crippen molar-refractivity contribution in [2.75, 3.05) is 39.6 Å². The van der Waals surface area contributed by atoms with Crippen LogP contribution in [0.25, 0.3) is 0 Å². The van der Waals surface area contributed by atoms with Crippen LogP contribution in [0.15, 0.2) is 0 Å². The van der Waals surface area contributed by atoms with E-state index in [-0.39, 0.29) is 26.4 Å². The summed E-state index contributed by atoms with van der Waals surface area (Å²) in [6.45, 7) is 3.11. The Morgan fingerprint density at radius 3 is 2.88 bits per heavy atom. The van der Waals surface area contributed by atoms with Crippen LogP contribution in [-0.4, -0.2) is 57.9 Å². The largest absolute Gasteiger partial charge is 0.508 e. The topological polar surface area (TPSA) is 80.3 Å². The van der Waals surface area contributed by atoms with Gasteiger partial charge in [0.1, 0.15) is 19.8 Å². The van der Waals surface area contributed by atoms with E-state index in [1.165, 1.54) is 0 Å². The molecule has 7 heteroatoms. The minimum Gasteiger partial charge on any atom is -0.462 e. The van der Waals surface area contributed by atoms with E-state index in [9.17, 15) is 9.59 Å². The lowest BCUT2D eigenvalue weighted by Crippen LogP contribution is -2.22. The van der Waals surface area contributed by atoms with Gasteiger partial charge in [0.15, 0.2) is 6.10 Å². The number of carbonyl (C=O) groups excluding carboxylic acids is 2. The third kappa shape index (κ3) is 6.08. The Bertz CT molecular complexity index is 253. The first-order valence-electron chi connectivity index (χ1n) is 5.37. The van der Waals surface area contributed by atoms with Gasteiger partial charge in [-0.25, -0.2) is 9.59 Å². The van der Waals surface area contributed by atoms with Crippen LogP contribution < -0.4 is 0 Å². The molecule has 1 fully saturated rings. The summed E-state index contributed by atoms with van der Waals surface area (Å²) < 4.78 is 24.0. The van der Waals surface area contributed by atoms with E-state index in [4.69, 9.17) is 18.9 Å². The average molecular weight is 248 g/mol. The third-order valence-corrected chi connectivity index (χ3v) is 1.87. The van der Waals surface area contributed by atoms with E-state index in [0.29, 0.717) is 13.2 Å². The second kappa shape index (κ2) is 7.86. The fourth-order valence-corrected chi connectivity index (χ4v) is 1.12. The summed E-state index contributed by atoms with van der Waals surface area (Å²) in [5.74, 6) is -0.477. The second-order valence-corrected chi connectivity index (χ2v) is 3.23. The molecule has 1 saturated heterocycles. The van der Waals surface area contributed by atoms with Gasteiger partial charge in [-0.3, -0.25) is 0 Å². The molecule has 0 aromatic rings. The molecule has 0 spiro atoms. The predicted octanol–water partition coefficient (Wildman–Crippen LogP) is 0.118. The zero-order chi connectivity index (χ0) is 12.5. The van der Waals surface area contributed by atoms with Gasteiger partial charge >= 0.3 is 12.1 Å². The summed E-state index contributed by atoms with van der Waals surface area (Å²) in [6.07, 6.45) is -1.16. The second-order valence-electron chi connectivity index (χ2n) is 3.23. The lowest BCUT2D eigenvalue weighted by Gasteiger charge is -2.08. The van der Waals surface area contributed by atoms with E-state index in [0.717, 1.165) is 0 Å². The summed E-state index contributed by atoms with van der Waals surface area (Å²) in [6, 6.07) is 0. The van der Waals surface area contributed by atoms with Crippen LogP contribution in [0, 0.1) is 0 Å². The lowest BCUT2D eigenvalue weighted by molar-refractivity contribution is -0.151. The highest BCUT2D eigenvalue weighted by Crippen LogP contribution is 2.05. The van der Waals surface area contributed by atoms with Gasteiger partial charge in [0, 0.05) is 6.61 Å².